The molecule has 0 rings (SSSR count). The van der Waals surface area contributed by atoms with Gasteiger partial charge in [-0.25, -0.2) is 10.0 Å². The predicted molar refractivity (Wildman–Crippen MR) is 52.6 cm³/mol. The van der Waals surface area contributed by atoms with Gasteiger partial charge in [-0.2, -0.15) is 0 Å². The predicted octanol–water partition coefficient (Wildman–Crippen LogP) is -0.321. The second-order valence-corrected chi connectivity index (χ2v) is 3.02. The fraction of sp³-hybridized carbons (Fsp3) is 1.00. The van der Waals surface area contributed by atoms with Crippen LogP contribution in [-0.4, -0.2) is 49.9 Å². The maximum atomic E-state index is 5.82. The van der Waals surface area contributed by atoms with Crippen LogP contribution in [0.5, 0.6) is 0 Å². The molecular weight excluding hydrogens is 152 g/mol. The van der Waals surface area contributed by atoms with E-state index in [1.165, 1.54) is 0 Å². The van der Waals surface area contributed by atoms with Gasteiger partial charge in [0.15, 0.2) is 0 Å². The third-order valence-electron chi connectivity index (χ3n) is 1.80. The zero-order valence-corrected chi connectivity index (χ0v) is 8.67. The van der Waals surface area contributed by atoms with Crippen LogP contribution in [0.25, 0.3) is 0 Å². The summed E-state index contributed by atoms with van der Waals surface area (Å²) in [6.45, 7) is 6.96. The van der Waals surface area contributed by atoms with Crippen LogP contribution in [0.2, 0.25) is 0 Å². The second kappa shape index (κ2) is 6.37. The number of nitrogens with zero attached hydrogens (tertiary/aromatic N) is 2. The summed E-state index contributed by atoms with van der Waals surface area (Å²) in [5.74, 6) is 0. The number of hydrogen-bond donors (Lipinski definition) is 2. The fourth-order valence-corrected chi connectivity index (χ4v) is 1.13. The summed E-state index contributed by atoms with van der Waals surface area (Å²) >= 11 is 0. The number of hydrazine groups is 1. The standard InChI is InChI=1S/C8H22N4/c1-5-10-8(9)7-12(6-2)11(3)4/h8,10H,5-7,9H2,1-4H3. The Bertz CT molecular complexity index is 105. The third kappa shape index (κ3) is 4.66. The van der Waals surface area contributed by atoms with Crippen molar-refractivity contribution in [2.75, 3.05) is 33.7 Å². The second-order valence-electron chi connectivity index (χ2n) is 3.02. The van der Waals surface area contributed by atoms with Crippen molar-refractivity contribution in [2.45, 2.75) is 20.0 Å². The van der Waals surface area contributed by atoms with Crippen molar-refractivity contribution >= 4 is 0 Å². The van der Waals surface area contributed by atoms with Gasteiger partial charge >= 0.3 is 0 Å². The molecule has 1 unspecified atom stereocenters. The molecule has 4 heteroatoms. The third-order valence-corrected chi connectivity index (χ3v) is 1.80. The summed E-state index contributed by atoms with van der Waals surface area (Å²) in [4.78, 5) is 0. The van der Waals surface area contributed by atoms with Crippen LogP contribution in [0, 0.1) is 0 Å². The van der Waals surface area contributed by atoms with E-state index in [4.69, 9.17) is 5.73 Å². The van der Waals surface area contributed by atoms with E-state index in [2.05, 4.69) is 29.2 Å². The van der Waals surface area contributed by atoms with Crippen molar-refractivity contribution in [3.05, 3.63) is 0 Å². The smallest absolute Gasteiger partial charge is 0.0691 e. The van der Waals surface area contributed by atoms with Gasteiger partial charge in [-0.15, -0.1) is 0 Å². The quantitative estimate of drug-likeness (QED) is 0.428. The van der Waals surface area contributed by atoms with Gasteiger partial charge in [-0.05, 0) is 6.54 Å². The molecule has 12 heavy (non-hydrogen) atoms. The van der Waals surface area contributed by atoms with Crippen LogP contribution < -0.4 is 11.1 Å². The van der Waals surface area contributed by atoms with E-state index in [1.54, 1.807) is 0 Å². The molecule has 0 radical (unpaired) electrons. The lowest BCUT2D eigenvalue weighted by molar-refractivity contribution is 0.0221. The molecule has 0 aromatic heterocycles. The first kappa shape index (κ1) is 11.8. The van der Waals surface area contributed by atoms with E-state index in [0.29, 0.717) is 0 Å². The minimum atomic E-state index is 0.0670. The van der Waals surface area contributed by atoms with E-state index in [-0.39, 0.29) is 6.17 Å². The minimum Gasteiger partial charge on any atom is -0.315 e. The van der Waals surface area contributed by atoms with Gasteiger partial charge in [0.2, 0.25) is 0 Å². The molecule has 0 bridgehead atoms. The number of rotatable bonds is 6. The first-order valence-corrected chi connectivity index (χ1v) is 4.52. The van der Waals surface area contributed by atoms with Gasteiger partial charge in [0.25, 0.3) is 0 Å². The Morgan fingerprint density at radius 2 is 1.92 bits per heavy atom. The van der Waals surface area contributed by atoms with E-state index in [1.807, 2.05) is 14.1 Å². The van der Waals surface area contributed by atoms with E-state index >= 15 is 0 Å². The van der Waals surface area contributed by atoms with E-state index in [9.17, 15) is 0 Å². The Hall–Kier alpha value is -0.160. The normalized spacial score (nSPS) is 14.2. The minimum absolute atomic E-state index is 0.0670. The lowest BCUT2D eigenvalue weighted by atomic mass is 10.4. The van der Waals surface area contributed by atoms with Gasteiger partial charge < -0.3 is 11.1 Å². The molecule has 1 atom stereocenters. The Balaban J connectivity index is 3.69. The number of likely N-dealkylation sites (N-methyl/N-ethyl adjacent to an activating group) is 2. The molecule has 0 aromatic carbocycles. The lowest BCUT2D eigenvalue weighted by Gasteiger charge is -2.30. The maximum Gasteiger partial charge on any atom is 0.0691 e. The van der Waals surface area contributed by atoms with Crippen LogP contribution in [-0.2, 0) is 0 Å². The van der Waals surface area contributed by atoms with Crippen molar-refractivity contribution in [1.82, 2.24) is 15.3 Å². The van der Waals surface area contributed by atoms with Crippen molar-refractivity contribution in [1.29, 1.82) is 0 Å². The van der Waals surface area contributed by atoms with Gasteiger partial charge in [0, 0.05) is 27.2 Å². The Labute approximate surface area is 75.7 Å². The monoisotopic (exact) mass is 174 g/mol. The molecule has 0 aliphatic carbocycles. The van der Waals surface area contributed by atoms with Crippen molar-refractivity contribution in [3.8, 4) is 0 Å². The summed E-state index contributed by atoms with van der Waals surface area (Å²) in [7, 11) is 4.06. The van der Waals surface area contributed by atoms with Gasteiger partial charge in [0.1, 0.15) is 0 Å². The van der Waals surface area contributed by atoms with Gasteiger partial charge in [-0.1, -0.05) is 13.8 Å². The SMILES string of the molecule is CCNC(N)CN(CC)N(C)C. The zero-order chi connectivity index (χ0) is 9.56. The highest BCUT2D eigenvalue weighted by molar-refractivity contribution is 4.61. The molecule has 4 nitrogen and oxygen atoms in total. The largest absolute Gasteiger partial charge is 0.315 e. The molecule has 0 aliphatic rings. The lowest BCUT2D eigenvalue weighted by Crippen LogP contribution is -2.50. The Morgan fingerprint density at radius 3 is 2.25 bits per heavy atom. The highest BCUT2D eigenvalue weighted by atomic mass is 15.6. The molecule has 74 valence electrons. The average molecular weight is 174 g/mol. The Morgan fingerprint density at radius 1 is 1.33 bits per heavy atom. The first-order valence-electron chi connectivity index (χ1n) is 4.52. The highest BCUT2D eigenvalue weighted by Gasteiger charge is 2.08. The number of hydrogen-bond acceptors (Lipinski definition) is 4. The number of nitrogens with two attached hydrogens (primary N) is 1. The molecule has 0 aliphatic heterocycles. The molecule has 0 aromatic rings. The summed E-state index contributed by atoms with van der Waals surface area (Å²) < 4.78 is 0. The molecule has 3 N–H and O–H groups in total. The van der Waals surface area contributed by atoms with Crippen molar-refractivity contribution in [2.24, 2.45) is 5.73 Å². The van der Waals surface area contributed by atoms with Crippen LogP contribution in [0.15, 0.2) is 0 Å². The van der Waals surface area contributed by atoms with Crippen LogP contribution in [0.4, 0.5) is 0 Å². The molecule has 0 fully saturated rings. The molecule has 0 heterocycles. The zero-order valence-electron chi connectivity index (χ0n) is 8.67. The molecule has 0 saturated heterocycles. The number of nitrogens with one attached hydrogen (secondary N) is 1. The van der Waals surface area contributed by atoms with Crippen molar-refractivity contribution < 1.29 is 0 Å². The highest BCUT2D eigenvalue weighted by Crippen LogP contribution is 1.90. The average Bonchev–Trinajstić information content (AvgIpc) is 2.00. The fourth-order valence-electron chi connectivity index (χ4n) is 1.13. The Kier molecular flexibility index (Phi) is 6.28. The summed E-state index contributed by atoms with van der Waals surface area (Å²) in [6, 6.07) is 0. The van der Waals surface area contributed by atoms with Gasteiger partial charge in [0.05, 0.1) is 6.17 Å². The van der Waals surface area contributed by atoms with Crippen molar-refractivity contribution in [3.63, 3.8) is 0 Å². The molecular formula is C8H22N4. The summed E-state index contributed by atoms with van der Waals surface area (Å²) in [5, 5.41) is 7.43. The first-order chi connectivity index (χ1) is 5.61. The van der Waals surface area contributed by atoms with E-state index in [0.717, 1.165) is 19.6 Å². The molecule has 0 saturated carbocycles. The molecule has 0 spiro atoms. The maximum absolute atomic E-state index is 5.82. The van der Waals surface area contributed by atoms with Crippen LogP contribution in [0.1, 0.15) is 13.8 Å². The topological polar surface area (TPSA) is 44.5 Å². The summed E-state index contributed by atoms with van der Waals surface area (Å²) in [6.07, 6.45) is 0.0670. The van der Waals surface area contributed by atoms with Crippen LogP contribution >= 0.6 is 0 Å². The molecule has 0 amide bonds. The van der Waals surface area contributed by atoms with Gasteiger partial charge in [-0.3, -0.25) is 0 Å². The summed E-state index contributed by atoms with van der Waals surface area (Å²) in [5.41, 5.74) is 5.82. The van der Waals surface area contributed by atoms with E-state index < -0.39 is 0 Å². The van der Waals surface area contributed by atoms with Crippen LogP contribution in [0.3, 0.4) is 0 Å².